The monoisotopic (exact) mass is 492 g/mol. The van der Waals surface area contributed by atoms with Crippen molar-refractivity contribution in [2.24, 2.45) is 0 Å². The number of aryl methyl sites for hydroxylation is 1. The highest BCUT2D eigenvalue weighted by atomic mass is 35.5. The van der Waals surface area contributed by atoms with Gasteiger partial charge in [-0.2, -0.15) is 0 Å². The number of nitrogens with one attached hydrogen (secondary N) is 1. The minimum absolute atomic E-state index is 0.221. The zero-order valence-corrected chi connectivity index (χ0v) is 20.9. The number of amides is 2. The molecular formula is C27H29ClN4O3. The molecule has 0 saturated carbocycles. The van der Waals surface area contributed by atoms with Crippen molar-refractivity contribution in [3.05, 3.63) is 93.4 Å². The number of nitrogens with zero attached hydrogens (tertiary/aromatic N) is 3. The quantitative estimate of drug-likeness (QED) is 0.305. The number of furan rings is 1. The summed E-state index contributed by atoms with van der Waals surface area (Å²) in [5.74, 6) is 1.07. The van der Waals surface area contributed by atoms with Crippen molar-refractivity contribution in [2.75, 3.05) is 6.54 Å². The molecule has 0 fully saturated rings. The van der Waals surface area contributed by atoms with Gasteiger partial charge in [0.15, 0.2) is 0 Å². The third kappa shape index (κ3) is 5.41. The third-order valence-electron chi connectivity index (χ3n) is 5.96. The molecule has 7 nitrogen and oxygen atoms in total. The molecule has 2 aromatic heterocycles. The fourth-order valence-electron chi connectivity index (χ4n) is 3.97. The standard InChI is InChI=1S/C27H29ClN4O3/c1-4-5-14-29-27(34)31(17-22-7-6-15-35-22)19(3)25-30-24-16-20(28)10-13-23(24)26(33)32(25)21-11-8-18(2)9-12-21/h6-13,15-16,19H,4-5,14,17H2,1-3H3,(H,29,34). The number of hydrogen-bond acceptors (Lipinski definition) is 4. The lowest BCUT2D eigenvalue weighted by atomic mass is 10.1. The van der Waals surface area contributed by atoms with E-state index in [9.17, 15) is 9.59 Å². The van der Waals surface area contributed by atoms with E-state index in [-0.39, 0.29) is 18.1 Å². The second-order valence-corrected chi connectivity index (χ2v) is 9.01. The number of unbranched alkanes of at least 4 members (excludes halogenated alkanes) is 1. The first-order chi connectivity index (χ1) is 16.9. The van der Waals surface area contributed by atoms with Crippen molar-refractivity contribution in [1.29, 1.82) is 0 Å². The predicted octanol–water partition coefficient (Wildman–Crippen LogP) is 6.01. The van der Waals surface area contributed by atoms with E-state index in [4.69, 9.17) is 21.0 Å². The molecule has 182 valence electrons. The lowest BCUT2D eigenvalue weighted by Crippen LogP contribution is -2.43. The van der Waals surface area contributed by atoms with Crippen molar-refractivity contribution in [3.63, 3.8) is 0 Å². The van der Waals surface area contributed by atoms with E-state index >= 15 is 0 Å². The Bertz CT molecular complexity index is 1360. The molecule has 0 aliphatic rings. The molecule has 0 aliphatic heterocycles. The molecule has 0 radical (unpaired) electrons. The van der Waals surface area contributed by atoms with Gasteiger partial charge in [-0.05, 0) is 62.7 Å². The summed E-state index contributed by atoms with van der Waals surface area (Å²) in [6, 6.07) is 15.5. The smallest absolute Gasteiger partial charge is 0.318 e. The predicted molar refractivity (Wildman–Crippen MR) is 138 cm³/mol. The number of carbonyl (C=O) groups is 1. The first kappa shape index (κ1) is 24.5. The van der Waals surface area contributed by atoms with E-state index in [0.717, 1.165) is 18.4 Å². The summed E-state index contributed by atoms with van der Waals surface area (Å²) in [6.45, 7) is 6.71. The van der Waals surface area contributed by atoms with Crippen LogP contribution in [0.4, 0.5) is 4.79 Å². The molecule has 2 heterocycles. The molecular weight excluding hydrogens is 464 g/mol. The summed E-state index contributed by atoms with van der Waals surface area (Å²) in [5, 5.41) is 3.92. The van der Waals surface area contributed by atoms with E-state index in [1.807, 2.05) is 44.2 Å². The van der Waals surface area contributed by atoms with Gasteiger partial charge in [-0.25, -0.2) is 9.78 Å². The SMILES string of the molecule is CCCCNC(=O)N(Cc1ccco1)C(C)c1nc2cc(Cl)ccc2c(=O)n1-c1ccc(C)cc1. The maximum Gasteiger partial charge on any atom is 0.318 e. The van der Waals surface area contributed by atoms with Gasteiger partial charge < -0.3 is 14.6 Å². The highest BCUT2D eigenvalue weighted by Crippen LogP contribution is 2.26. The van der Waals surface area contributed by atoms with Gasteiger partial charge in [0, 0.05) is 11.6 Å². The topological polar surface area (TPSA) is 80.4 Å². The second-order valence-electron chi connectivity index (χ2n) is 8.58. The molecule has 8 heteroatoms. The summed E-state index contributed by atoms with van der Waals surface area (Å²) < 4.78 is 7.11. The van der Waals surface area contributed by atoms with Crippen molar-refractivity contribution >= 4 is 28.5 Å². The molecule has 2 amide bonds. The van der Waals surface area contributed by atoms with Gasteiger partial charge >= 0.3 is 6.03 Å². The number of hydrogen-bond donors (Lipinski definition) is 1. The average molecular weight is 493 g/mol. The van der Waals surface area contributed by atoms with Gasteiger partial charge in [-0.15, -0.1) is 0 Å². The summed E-state index contributed by atoms with van der Waals surface area (Å²) in [4.78, 5) is 33.5. The molecule has 1 N–H and O–H groups in total. The molecule has 0 spiro atoms. The largest absolute Gasteiger partial charge is 0.467 e. The van der Waals surface area contributed by atoms with E-state index in [2.05, 4.69) is 12.2 Å². The van der Waals surface area contributed by atoms with Gasteiger partial charge in [-0.3, -0.25) is 9.36 Å². The maximum absolute atomic E-state index is 13.7. The van der Waals surface area contributed by atoms with Crippen molar-refractivity contribution in [3.8, 4) is 5.69 Å². The molecule has 2 aromatic carbocycles. The van der Waals surface area contributed by atoms with Crippen LogP contribution < -0.4 is 10.9 Å². The molecule has 35 heavy (non-hydrogen) atoms. The zero-order chi connectivity index (χ0) is 24.9. The Hall–Kier alpha value is -3.58. The molecule has 4 rings (SSSR count). The summed E-state index contributed by atoms with van der Waals surface area (Å²) >= 11 is 6.22. The lowest BCUT2D eigenvalue weighted by Gasteiger charge is -2.30. The maximum atomic E-state index is 13.7. The van der Waals surface area contributed by atoms with E-state index in [0.29, 0.717) is 39.7 Å². The Morgan fingerprint density at radius 1 is 1.20 bits per heavy atom. The van der Waals surface area contributed by atoms with Crippen LogP contribution in [0.1, 0.15) is 49.9 Å². The molecule has 1 atom stereocenters. The van der Waals surface area contributed by atoms with Gasteiger partial charge in [-0.1, -0.05) is 42.6 Å². The Morgan fingerprint density at radius 2 is 1.97 bits per heavy atom. The van der Waals surface area contributed by atoms with Crippen LogP contribution in [0, 0.1) is 6.92 Å². The number of rotatable bonds is 8. The van der Waals surface area contributed by atoms with Crippen LogP contribution in [0.2, 0.25) is 5.02 Å². The zero-order valence-electron chi connectivity index (χ0n) is 20.1. The van der Waals surface area contributed by atoms with Gasteiger partial charge in [0.1, 0.15) is 11.6 Å². The normalized spacial score (nSPS) is 12.0. The number of aromatic nitrogens is 2. The van der Waals surface area contributed by atoms with Crippen LogP contribution in [0.25, 0.3) is 16.6 Å². The fourth-order valence-corrected chi connectivity index (χ4v) is 4.13. The Morgan fingerprint density at radius 3 is 2.66 bits per heavy atom. The van der Waals surface area contributed by atoms with Crippen LogP contribution in [0.15, 0.2) is 70.1 Å². The number of benzene rings is 2. The van der Waals surface area contributed by atoms with Gasteiger partial charge in [0.2, 0.25) is 0 Å². The fraction of sp³-hybridized carbons (Fsp3) is 0.296. The molecule has 0 aliphatic carbocycles. The van der Waals surface area contributed by atoms with Crippen molar-refractivity contribution < 1.29 is 9.21 Å². The van der Waals surface area contributed by atoms with E-state index < -0.39 is 6.04 Å². The number of halogens is 1. The number of urea groups is 1. The third-order valence-corrected chi connectivity index (χ3v) is 6.20. The van der Waals surface area contributed by atoms with Gasteiger partial charge in [0.25, 0.3) is 5.56 Å². The van der Waals surface area contributed by atoms with Gasteiger partial charge in [0.05, 0.1) is 35.4 Å². The molecule has 0 saturated heterocycles. The first-order valence-corrected chi connectivity index (χ1v) is 12.1. The summed E-state index contributed by atoms with van der Waals surface area (Å²) in [7, 11) is 0. The Labute approximate surface area is 209 Å². The Kier molecular flexibility index (Phi) is 7.56. The van der Waals surface area contributed by atoms with Crippen LogP contribution in [-0.4, -0.2) is 27.0 Å². The minimum atomic E-state index is -0.556. The van der Waals surface area contributed by atoms with E-state index in [1.165, 1.54) is 0 Å². The minimum Gasteiger partial charge on any atom is -0.467 e. The summed E-state index contributed by atoms with van der Waals surface area (Å²) in [5.41, 5.74) is 2.02. The Balaban J connectivity index is 1.86. The lowest BCUT2D eigenvalue weighted by molar-refractivity contribution is 0.165. The second kappa shape index (κ2) is 10.8. The highest BCUT2D eigenvalue weighted by molar-refractivity contribution is 6.31. The van der Waals surface area contributed by atoms with Crippen molar-refractivity contribution in [2.45, 2.75) is 46.2 Å². The number of fused-ring (bicyclic) bond motifs is 1. The first-order valence-electron chi connectivity index (χ1n) is 11.7. The van der Waals surface area contributed by atoms with E-state index in [1.54, 1.807) is 40.0 Å². The summed E-state index contributed by atoms with van der Waals surface area (Å²) in [6.07, 6.45) is 3.41. The average Bonchev–Trinajstić information content (AvgIpc) is 3.36. The highest BCUT2D eigenvalue weighted by Gasteiger charge is 2.28. The van der Waals surface area contributed by atoms with Crippen molar-refractivity contribution in [1.82, 2.24) is 19.8 Å². The van der Waals surface area contributed by atoms with Crippen LogP contribution in [0.3, 0.4) is 0 Å². The molecule has 0 bridgehead atoms. The molecule has 4 aromatic rings. The number of carbonyl (C=O) groups excluding carboxylic acids is 1. The van der Waals surface area contributed by atoms with Crippen LogP contribution in [0.5, 0.6) is 0 Å². The molecule has 1 unspecified atom stereocenters. The van der Waals surface area contributed by atoms with Crippen LogP contribution in [-0.2, 0) is 6.54 Å². The van der Waals surface area contributed by atoms with Crippen LogP contribution >= 0.6 is 11.6 Å².